The van der Waals surface area contributed by atoms with E-state index in [-0.39, 0.29) is 6.04 Å². The van der Waals surface area contributed by atoms with Crippen molar-refractivity contribution in [2.24, 2.45) is 4.99 Å². The molecule has 3 nitrogen and oxygen atoms in total. The van der Waals surface area contributed by atoms with Gasteiger partial charge in [0.05, 0.1) is 6.04 Å². The van der Waals surface area contributed by atoms with Crippen molar-refractivity contribution < 1.29 is 4.74 Å². The van der Waals surface area contributed by atoms with Gasteiger partial charge in [-0.3, -0.25) is 4.99 Å². The van der Waals surface area contributed by atoms with Crippen molar-refractivity contribution >= 4 is 17.2 Å². The molecule has 0 radical (unpaired) electrons. The maximum Gasteiger partial charge on any atom is 0.221 e. The van der Waals surface area contributed by atoms with E-state index < -0.39 is 0 Å². The second-order valence-corrected chi connectivity index (χ2v) is 4.00. The zero-order chi connectivity index (χ0) is 12.1. The lowest BCUT2D eigenvalue weighted by atomic mass is 10.2. The third kappa shape index (κ3) is 3.03. The number of hydrogen-bond donors (Lipinski definition) is 0. The van der Waals surface area contributed by atoms with E-state index in [1.54, 1.807) is 0 Å². The van der Waals surface area contributed by atoms with Gasteiger partial charge in [-0.15, -0.1) is 0 Å². The highest BCUT2D eigenvalue weighted by atomic mass is 16.5. The first-order valence-corrected chi connectivity index (χ1v) is 5.82. The molecule has 1 aromatic heterocycles. The summed E-state index contributed by atoms with van der Waals surface area (Å²) < 4.78 is 5.38. The minimum atomic E-state index is 0.287. The highest BCUT2D eigenvalue weighted by Crippen LogP contribution is 2.16. The van der Waals surface area contributed by atoms with Gasteiger partial charge in [0.25, 0.3) is 0 Å². The van der Waals surface area contributed by atoms with E-state index in [4.69, 9.17) is 4.74 Å². The Bertz CT molecular complexity index is 522. The fourth-order valence-electron chi connectivity index (χ4n) is 1.42. The van der Waals surface area contributed by atoms with Crippen molar-refractivity contribution in [2.75, 3.05) is 0 Å². The number of ether oxygens (including phenoxy) is 1. The molecule has 1 heterocycles. The molecule has 0 aliphatic rings. The molecule has 1 aromatic carbocycles. The monoisotopic (exact) mass is 228 g/mol. The number of aromatic nitrogens is 1. The zero-order valence-electron chi connectivity index (χ0n) is 10.1. The van der Waals surface area contributed by atoms with Crippen LogP contribution in [0.5, 0.6) is 5.88 Å². The van der Waals surface area contributed by atoms with Crippen LogP contribution in [-0.2, 0) is 0 Å². The Labute approximate surface area is 101 Å². The minimum Gasteiger partial charge on any atom is -0.428 e. The van der Waals surface area contributed by atoms with Crippen LogP contribution in [0.4, 0.5) is 0 Å². The van der Waals surface area contributed by atoms with Crippen LogP contribution in [0.1, 0.15) is 20.3 Å². The van der Waals surface area contributed by atoms with Crippen LogP contribution in [0.3, 0.4) is 0 Å². The Morgan fingerprint density at radius 1 is 1.35 bits per heavy atom. The number of nitrogens with zero attached hydrogens (tertiary/aromatic N) is 2. The maximum atomic E-state index is 5.38. The van der Waals surface area contributed by atoms with Crippen LogP contribution < -0.4 is 4.74 Å². The van der Waals surface area contributed by atoms with E-state index in [9.17, 15) is 0 Å². The van der Waals surface area contributed by atoms with Gasteiger partial charge in [-0.2, -0.15) is 0 Å². The van der Waals surface area contributed by atoms with E-state index in [0.717, 1.165) is 17.2 Å². The number of aliphatic imine (C=N–C) groups is 1. The van der Waals surface area contributed by atoms with Crippen LogP contribution in [0.25, 0.3) is 10.8 Å². The molecule has 0 amide bonds. The van der Waals surface area contributed by atoms with E-state index in [0.29, 0.717) is 5.88 Å². The number of fused-ring (bicyclic) bond motifs is 1. The fourth-order valence-corrected chi connectivity index (χ4v) is 1.42. The average Bonchev–Trinajstić information content (AvgIpc) is 2.38. The third-order valence-electron chi connectivity index (χ3n) is 2.69. The number of hydrogen-bond acceptors (Lipinski definition) is 3. The maximum absolute atomic E-state index is 5.38. The van der Waals surface area contributed by atoms with Crippen LogP contribution >= 0.6 is 0 Å². The van der Waals surface area contributed by atoms with Crippen molar-refractivity contribution in [3.8, 4) is 5.88 Å². The SMILES string of the molecule is CCC(C)N=COc1cc2ccccc2cn1. The molecule has 2 rings (SSSR count). The van der Waals surface area contributed by atoms with Gasteiger partial charge < -0.3 is 4.74 Å². The summed E-state index contributed by atoms with van der Waals surface area (Å²) in [6.07, 6.45) is 4.29. The zero-order valence-corrected chi connectivity index (χ0v) is 10.1. The Morgan fingerprint density at radius 2 is 2.12 bits per heavy atom. The van der Waals surface area contributed by atoms with Gasteiger partial charge in [0.1, 0.15) is 0 Å². The van der Waals surface area contributed by atoms with Crippen LogP contribution in [0, 0.1) is 0 Å². The molecule has 0 aliphatic heterocycles. The lowest BCUT2D eigenvalue weighted by Gasteiger charge is -2.02. The number of pyridine rings is 1. The summed E-state index contributed by atoms with van der Waals surface area (Å²) in [5.41, 5.74) is 0. The molecule has 0 saturated carbocycles. The smallest absolute Gasteiger partial charge is 0.221 e. The number of rotatable bonds is 4. The second-order valence-electron chi connectivity index (χ2n) is 4.00. The quantitative estimate of drug-likeness (QED) is 0.593. The first-order chi connectivity index (χ1) is 8.29. The standard InChI is InChI=1S/C14H16N2O/c1-3-11(2)16-10-17-14-8-12-6-4-5-7-13(12)9-15-14/h4-11H,3H2,1-2H3. The van der Waals surface area contributed by atoms with Crippen LogP contribution in [-0.4, -0.2) is 17.4 Å². The van der Waals surface area contributed by atoms with Crippen molar-refractivity contribution in [1.82, 2.24) is 4.98 Å². The summed E-state index contributed by atoms with van der Waals surface area (Å²) in [5, 5.41) is 2.23. The molecule has 1 atom stereocenters. The Balaban J connectivity index is 2.12. The van der Waals surface area contributed by atoms with E-state index in [2.05, 4.69) is 16.9 Å². The summed E-state index contributed by atoms with van der Waals surface area (Å²) in [6, 6.07) is 10.3. The summed E-state index contributed by atoms with van der Waals surface area (Å²) in [6.45, 7) is 4.14. The van der Waals surface area contributed by atoms with Gasteiger partial charge in [-0.05, 0) is 18.7 Å². The fraction of sp³-hybridized carbons (Fsp3) is 0.286. The van der Waals surface area contributed by atoms with Crippen molar-refractivity contribution in [1.29, 1.82) is 0 Å². The summed E-state index contributed by atoms with van der Waals surface area (Å²) in [7, 11) is 0. The molecule has 0 saturated heterocycles. The lowest BCUT2D eigenvalue weighted by Crippen LogP contribution is -1.99. The molecule has 0 spiro atoms. The summed E-state index contributed by atoms with van der Waals surface area (Å²) in [4.78, 5) is 8.45. The Hall–Kier alpha value is -1.90. The molecule has 0 fully saturated rings. The summed E-state index contributed by atoms with van der Waals surface area (Å²) >= 11 is 0. The van der Waals surface area contributed by atoms with Gasteiger partial charge in [-0.1, -0.05) is 31.2 Å². The lowest BCUT2D eigenvalue weighted by molar-refractivity contribution is 0.539. The molecule has 0 aliphatic carbocycles. The Morgan fingerprint density at radius 3 is 2.88 bits per heavy atom. The van der Waals surface area contributed by atoms with Crippen LogP contribution in [0.2, 0.25) is 0 Å². The van der Waals surface area contributed by atoms with Crippen molar-refractivity contribution in [2.45, 2.75) is 26.3 Å². The molecular formula is C14H16N2O. The molecule has 2 aromatic rings. The third-order valence-corrected chi connectivity index (χ3v) is 2.69. The first kappa shape index (κ1) is 11.6. The number of benzene rings is 1. The normalized spacial score (nSPS) is 13.1. The molecule has 17 heavy (non-hydrogen) atoms. The van der Waals surface area contributed by atoms with Gasteiger partial charge >= 0.3 is 0 Å². The first-order valence-electron chi connectivity index (χ1n) is 5.82. The second kappa shape index (κ2) is 5.43. The molecular weight excluding hydrogens is 212 g/mol. The predicted octanol–water partition coefficient (Wildman–Crippen LogP) is 3.44. The molecule has 0 N–H and O–H groups in total. The topological polar surface area (TPSA) is 34.5 Å². The van der Waals surface area contributed by atoms with Crippen molar-refractivity contribution in [3.63, 3.8) is 0 Å². The van der Waals surface area contributed by atoms with Gasteiger partial charge in [0.2, 0.25) is 5.88 Å². The highest BCUT2D eigenvalue weighted by molar-refractivity contribution is 5.82. The largest absolute Gasteiger partial charge is 0.428 e. The molecule has 3 heteroatoms. The molecule has 0 bridgehead atoms. The van der Waals surface area contributed by atoms with Crippen molar-refractivity contribution in [3.05, 3.63) is 36.5 Å². The molecule has 88 valence electrons. The highest BCUT2D eigenvalue weighted by Gasteiger charge is 1.97. The minimum absolute atomic E-state index is 0.287. The van der Waals surface area contributed by atoms with Gasteiger partial charge in [0, 0.05) is 17.6 Å². The Kier molecular flexibility index (Phi) is 3.70. The predicted molar refractivity (Wildman–Crippen MR) is 70.6 cm³/mol. The average molecular weight is 228 g/mol. The van der Waals surface area contributed by atoms with Gasteiger partial charge in [0.15, 0.2) is 6.40 Å². The summed E-state index contributed by atoms with van der Waals surface area (Å²) in [5.74, 6) is 0.579. The molecule has 1 unspecified atom stereocenters. The van der Waals surface area contributed by atoms with Gasteiger partial charge in [-0.25, -0.2) is 4.98 Å². The van der Waals surface area contributed by atoms with Crippen LogP contribution in [0.15, 0.2) is 41.5 Å². The van der Waals surface area contributed by atoms with E-state index in [1.807, 2.05) is 43.5 Å². The van der Waals surface area contributed by atoms with E-state index in [1.165, 1.54) is 6.40 Å². The van der Waals surface area contributed by atoms with E-state index >= 15 is 0 Å².